The third-order valence-corrected chi connectivity index (χ3v) is 6.42. The summed E-state index contributed by atoms with van der Waals surface area (Å²) in [5.41, 5.74) is 6.49. The smallest absolute Gasteiger partial charge is 0.162 e. The Morgan fingerprint density at radius 1 is 0.971 bits per heavy atom. The standard InChI is InChI=1S/C28H29N5O/c1-3-24-25(8-7-9-27(24)29-2)26-19-31-33-20-22(18-30-28(26)33)21-10-12-23(13-11-21)34-17-16-32-14-5-4-6-15-32/h3,7-13,18-20H,1-2,4-6,14-17H2. The number of piperidine rings is 1. The molecule has 1 fully saturated rings. The van der Waals surface area contributed by atoms with Crippen molar-refractivity contribution in [3.63, 3.8) is 0 Å². The lowest BCUT2D eigenvalue weighted by molar-refractivity contribution is 0.183. The second-order valence-corrected chi connectivity index (χ2v) is 8.54. The summed E-state index contributed by atoms with van der Waals surface area (Å²) in [6, 6.07) is 14.1. The van der Waals surface area contributed by atoms with E-state index in [0.29, 0.717) is 0 Å². The van der Waals surface area contributed by atoms with Crippen LogP contribution < -0.4 is 4.74 Å². The predicted molar refractivity (Wildman–Crippen MR) is 139 cm³/mol. The van der Waals surface area contributed by atoms with Crippen LogP contribution in [0.25, 0.3) is 34.0 Å². The number of ether oxygens (including phenoxy) is 1. The molecule has 5 rings (SSSR count). The number of benzene rings is 2. The Morgan fingerprint density at radius 3 is 2.56 bits per heavy atom. The summed E-state index contributed by atoms with van der Waals surface area (Å²) < 4.78 is 7.78. The summed E-state index contributed by atoms with van der Waals surface area (Å²) in [4.78, 5) is 11.3. The lowest BCUT2D eigenvalue weighted by Gasteiger charge is -2.26. The number of nitrogens with zero attached hydrogens (tertiary/aromatic N) is 5. The lowest BCUT2D eigenvalue weighted by atomic mass is 10.0. The van der Waals surface area contributed by atoms with Crippen LogP contribution in [0.15, 0.2) is 72.6 Å². The van der Waals surface area contributed by atoms with Crippen LogP contribution in [0, 0.1) is 0 Å². The van der Waals surface area contributed by atoms with Crippen LogP contribution in [0.3, 0.4) is 0 Å². The van der Waals surface area contributed by atoms with Crippen LogP contribution >= 0.6 is 0 Å². The zero-order chi connectivity index (χ0) is 23.3. The molecule has 0 saturated carbocycles. The van der Waals surface area contributed by atoms with Gasteiger partial charge in [0.25, 0.3) is 0 Å². The first-order valence-corrected chi connectivity index (χ1v) is 11.8. The molecule has 0 bridgehead atoms. The van der Waals surface area contributed by atoms with Crippen molar-refractivity contribution >= 4 is 24.1 Å². The van der Waals surface area contributed by atoms with E-state index in [2.05, 4.69) is 40.4 Å². The fraction of sp³-hybridized carbons (Fsp3) is 0.250. The quantitative estimate of drug-likeness (QED) is 0.313. The number of likely N-dealkylation sites (tertiary alicyclic amines) is 1. The number of hydrogen-bond acceptors (Lipinski definition) is 5. The van der Waals surface area contributed by atoms with Gasteiger partial charge in [0.05, 0.1) is 11.9 Å². The van der Waals surface area contributed by atoms with E-state index >= 15 is 0 Å². The number of hydrogen-bond donors (Lipinski definition) is 0. The Kier molecular flexibility index (Phi) is 6.49. The van der Waals surface area contributed by atoms with Crippen LogP contribution in [-0.4, -0.2) is 52.5 Å². The minimum atomic E-state index is 0.720. The summed E-state index contributed by atoms with van der Waals surface area (Å²) in [5, 5.41) is 4.56. The SMILES string of the molecule is C=Cc1c(N=C)cccc1-c1cnn2cc(-c3ccc(OCCN4CCCCC4)cc3)cnc12. The molecule has 0 spiro atoms. The molecule has 34 heavy (non-hydrogen) atoms. The Bertz CT molecular complexity index is 1300. The van der Waals surface area contributed by atoms with Crippen molar-refractivity contribution in [1.29, 1.82) is 0 Å². The van der Waals surface area contributed by atoms with Crippen LogP contribution in [0.2, 0.25) is 0 Å². The monoisotopic (exact) mass is 451 g/mol. The molecule has 0 amide bonds. The Morgan fingerprint density at radius 2 is 1.79 bits per heavy atom. The molecule has 172 valence electrons. The minimum Gasteiger partial charge on any atom is -0.492 e. The zero-order valence-electron chi connectivity index (χ0n) is 19.4. The average molecular weight is 452 g/mol. The highest BCUT2D eigenvalue weighted by Gasteiger charge is 2.14. The molecular weight excluding hydrogens is 422 g/mol. The van der Waals surface area contributed by atoms with Crippen LogP contribution in [0.4, 0.5) is 5.69 Å². The second kappa shape index (κ2) is 10.0. The van der Waals surface area contributed by atoms with Gasteiger partial charge >= 0.3 is 0 Å². The topological polar surface area (TPSA) is 55.0 Å². The molecule has 0 atom stereocenters. The molecule has 1 aliphatic heterocycles. The highest BCUT2D eigenvalue weighted by Crippen LogP contribution is 2.34. The van der Waals surface area contributed by atoms with Crippen molar-refractivity contribution in [1.82, 2.24) is 19.5 Å². The summed E-state index contributed by atoms with van der Waals surface area (Å²) in [5.74, 6) is 0.892. The molecule has 3 heterocycles. The van der Waals surface area contributed by atoms with Gasteiger partial charge in [-0.1, -0.05) is 43.3 Å². The highest BCUT2D eigenvalue weighted by atomic mass is 16.5. The number of aromatic nitrogens is 3. The van der Waals surface area contributed by atoms with E-state index < -0.39 is 0 Å². The number of rotatable bonds is 8. The van der Waals surface area contributed by atoms with Crippen molar-refractivity contribution in [2.45, 2.75) is 19.3 Å². The van der Waals surface area contributed by atoms with E-state index in [1.54, 1.807) is 6.08 Å². The molecule has 0 aliphatic carbocycles. The molecule has 6 heteroatoms. The summed E-state index contributed by atoms with van der Waals surface area (Å²) in [7, 11) is 0. The Labute approximate surface area is 200 Å². The minimum absolute atomic E-state index is 0.720. The van der Waals surface area contributed by atoms with Gasteiger partial charge in [-0.25, -0.2) is 9.50 Å². The fourth-order valence-electron chi connectivity index (χ4n) is 4.57. The van der Waals surface area contributed by atoms with Crippen molar-refractivity contribution in [3.05, 3.63) is 73.2 Å². The van der Waals surface area contributed by atoms with Gasteiger partial charge in [0, 0.05) is 35.6 Å². The maximum Gasteiger partial charge on any atom is 0.162 e. The van der Waals surface area contributed by atoms with Gasteiger partial charge < -0.3 is 4.74 Å². The highest BCUT2D eigenvalue weighted by molar-refractivity contribution is 5.87. The van der Waals surface area contributed by atoms with E-state index in [-0.39, 0.29) is 0 Å². The average Bonchev–Trinajstić information content (AvgIpc) is 3.32. The van der Waals surface area contributed by atoms with E-state index in [1.165, 1.54) is 32.4 Å². The lowest BCUT2D eigenvalue weighted by Crippen LogP contribution is -2.33. The maximum absolute atomic E-state index is 5.97. The number of fused-ring (bicyclic) bond motifs is 1. The zero-order valence-corrected chi connectivity index (χ0v) is 19.4. The summed E-state index contributed by atoms with van der Waals surface area (Å²) >= 11 is 0. The van der Waals surface area contributed by atoms with Gasteiger partial charge in [0.1, 0.15) is 12.4 Å². The summed E-state index contributed by atoms with van der Waals surface area (Å²) in [6.07, 6.45) is 11.5. The maximum atomic E-state index is 5.97. The van der Waals surface area contributed by atoms with Gasteiger partial charge in [-0.15, -0.1) is 0 Å². The molecule has 6 nitrogen and oxygen atoms in total. The Balaban J connectivity index is 1.32. The van der Waals surface area contributed by atoms with E-state index in [9.17, 15) is 0 Å². The first-order chi connectivity index (χ1) is 16.8. The Hall–Kier alpha value is -3.77. The van der Waals surface area contributed by atoms with Gasteiger partial charge in [0.2, 0.25) is 0 Å². The van der Waals surface area contributed by atoms with Crippen LogP contribution in [-0.2, 0) is 0 Å². The summed E-state index contributed by atoms with van der Waals surface area (Å²) in [6.45, 7) is 11.7. The molecule has 1 saturated heterocycles. The molecule has 4 aromatic rings. The van der Waals surface area contributed by atoms with Crippen molar-refractivity contribution in [2.24, 2.45) is 4.99 Å². The third kappa shape index (κ3) is 4.50. The third-order valence-electron chi connectivity index (χ3n) is 6.42. The van der Waals surface area contributed by atoms with Crippen molar-refractivity contribution < 1.29 is 4.74 Å². The van der Waals surface area contributed by atoms with Gasteiger partial charge in [-0.05, 0) is 62.0 Å². The molecule has 1 aliphatic rings. The first-order valence-electron chi connectivity index (χ1n) is 11.8. The first kappa shape index (κ1) is 22.0. The van der Waals surface area contributed by atoms with Crippen LogP contribution in [0.1, 0.15) is 24.8 Å². The predicted octanol–water partition coefficient (Wildman–Crippen LogP) is 5.90. The normalized spacial score (nSPS) is 14.2. The van der Waals surface area contributed by atoms with E-state index in [4.69, 9.17) is 9.72 Å². The fourth-order valence-corrected chi connectivity index (χ4v) is 4.57. The van der Waals surface area contributed by atoms with Crippen molar-refractivity contribution in [2.75, 3.05) is 26.2 Å². The molecule has 0 unspecified atom stereocenters. The van der Waals surface area contributed by atoms with E-state index in [1.807, 2.05) is 53.4 Å². The largest absolute Gasteiger partial charge is 0.492 e. The van der Waals surface area contributed by atoms with Gasteiger partial charge in [-0.2, -0.15) is 5.10 Å². The van der Waals surface area contributed by atoms with Gasteiger partial charge in [0.15, 0.2) is 5.65 Å². The van der Waals surface area contributed by atoms with Crippen LogP contribution in [0.5, 0.6) is 5.75 Å². The molecule has 2 aromatic carbocycles. The van der Waals surface area contributed by atoms with E-state index in [0.717, 1.165) is 58.1 Å². The molecule has 0 radical (unpaired) electrons. The number of aliphatic imine (C=N–C) groups is 1. The van der Waals surface area contributed by atoms with Crippen molar-refractivity contribution in [3.8, 4) is 28.0 Å². The molecular formula is C28H29N5O. The molecule has 2 aromatic heterocycles. The second-order valence-electron chi connectivity index (χ2n) is 8.54. The molecule has 0 N–H and O–H groups in total. The van der Waals surface area contributed by atoms with Gasteiger partial charge in [-0.3, -0.25) is 9.89 Å².